The van der Waals surface area contributed by atoms with Crippen LogP contribution in [0.5, 0.6) is 11.5 Å². The average molecular weight is 340 g/mol. The maximum atomic E-state index is 12.4. The minimum atomic E-state index is -0.0843. The van der Waals surface area contributed by atoms with Gasteiger partial charge in [-0.1, -0.05) is 12.1 Å². The number of benzene rings is 2. The van der Waals surface area contributed by atoms with Gasteiger partial charge in [-0.05, 0) is 55.6 Å². The summed E-state index contributed by atoms with van der Waals surface area (Å²) in [5.41, 5.74) is 3.05. The Bertz CT molecular complexity index is 741. The number of amides is 1. The van der Waals surface area contributed by atoms with Gasteiger partial charge in [-0.2, -0.15) is 0 Å². The molecule has 5 heteroatoms. The molecular weight excluding hydrogens is 316 g/mol. The Morgan fingerprint density at radius 2 is 2.00 bits per heavy atom. The molecule has 0 aliphatic carbocycles. The number of rotatable bonds is 6. The third-order valence-electron chi connectivity index (χ3n) is 4.53. The van der Waals surface area contributed by atoms with E-state index in [0.717, 1.165) is 24.5 Å². The van der Waals surface area contributed by atoms with Crippen molar-refractivity contribution in [2.45, 2.75) is 12.5 Å². The van der Waals surface area contributed by atoms with Crippen molar-refractivity contribution in [3.8, 4) is 11.5 Å². The van der Waals surface area contributed by atoms with Gasteiger partial charge >= 0.3 is 0 Å². The highest BCUT2D eigenvalue weighted by molar-refractivity contribution is 5.94. The van der Waals surface area contributed by atoms with Gasteiger partial charge in [0, 0.05) is 18.5 Å². The number of carbonyl (C=O) groups is 1. The predicted molar refractivity (Wildman–Crippen MR) is 97.4 cm³/mol. The second-order valence-corrected chi connectivity index (χ2v) is 6.38. The van der Waals surface area contributed by atoms with Gasteiger partial charge < -0.3 is 19.7 Å². The molecule has 1 unspecified atom stereocenters. The molecule has 2 aromatic rings. The van der Waals surface area contributed by atoms with Gasteiger partial charge in [-0.15, -0.1) is 0 Å². The van der Waals surface area contributed by atoms with Gasteiger partial charge in [0.05, 0.1) is 19.8 Å². The van der Waals surface area contributed by atoms with Gasteiger partial charge in [0.15, 0.2) is 0 Å². The second-order valence-electron chi connectivity index (χ2n) is 6.38. The fraction of sp³-hybridized carbons (Fsp3) is 0.350. The van der Waals surface area contributed by atoms with Crippen molar-refractivity contribution < 1.29 is 14.3 Å². The number of likely N-dealkylation sites (N-methyl/N-ethyl adjacent to an activating group) is 1. The number of fused-ring (bicyclic) bond motifs is 1. The van der Waals surface area contributed by atoms with E-state index in [-0.39, 0.29) is 11.9 Å². The lowest BCUT2D eigenvalue weighted by Gasteiger charge is -2.25. The van der Waals surface area contributed by atoms with Gasteiger partial charge in [0.2, 0.25) is 0 Å². The topological polar surface area (TPSA) is 50.8 Å². The zero-order chi connectivity index (χ0) is 17.8. The number of carbonyl (C=O) groups excluding carboxylic acids is 1. The Labute approximate surface area is 148 Å². The molecule has 1 heterocycles. The van der Waals surface area contributed by atoms with Gasteiger partial charge in [0.1, 0.15) is 11.5 Å². The van der Waals surface area contributed by atoms with Gasteiger partial charge in [0.25, 0.3) is 5.91 Å². The lowest BCUT2D eigenvalue weighted by atomic mass is 10.0. The van der Waals surface area contributed by atoms with E-state index in [2.05, 4.69) is 22.3 Å². The first-order valence-electron chi connectivity index (χ1n) is 8.43. The summed E-state index contributed by atoms with van der Waals surface area (Å²) < 4.78 is 10.7. The van der Waals surface area contributed by atoms with Crippen LogP contribution in [0.4, 0.5) is 0 Å². The summed E-state index contributed by atoms with van der Waals surface area (Å²) in [6.07, 6.45) is 0.946. The highest BCUT2D eigenvalue weighted by Gasteiger charge is 2.19. The fourth-order valence-corrected chi connectivity index (χ4v) is 3.05. The highest BCUT2D eigenvalue weighted by Crippen LogP contribution is 2.29. The maximum Gasteiger partial charge on any atom is 0.251 e. The number of nitrogens with zero attached hydrogens (tertiary/aromatic N) is 1. The molecule has 0 fully saturated rings. The Morgan fingerprint density at radius 3 is 2.68 bits per heavy atom. The van der Waals surface area contributed by atoms with E-state index in [1.807, 2.05) is 20.2 Å². The van der Waals surface area contributed by atoms with Crippen molar-refractivity contribution in [1.29, 1.82) is 0 Å². The van der Waals surface area contributed by atoms with Crippen LogP contribution in [0.2, 0.25) is 0 Å². The van der Waals surface area contributed by atoms with Crippen molar-refractivity contribution in [3.63, 3.8) is 0 Å². The highest BCUT2D eigenvalue weighted by atomic mass is 16.5. The average Bonchev–Trinajstić information content (AvgIpc) is 3.09. The van der Waals surface area contributed by atoms with Crippen molar-refractivity contribution in [2.75, 3.05) is 34.4 Å². The third kappa shape index (κ3) is 3.94. The zero-order valence-corrected chi connectivity index (χ0v) is 14.9. The molecule has 0 bridgehead atoms. The van der Waals surface area contributed by atoms with E-state index in [0.29, 0.717) is 12.1 Å². The summed E-state index contributed by atoms with van der Waals surface area (Å²) in [6.45, 7) is 1.29. The zero-order valence-electron chi connectivity index (χ0n) is 14.9. The van der Waals surface area contributed by atoms with E-state index in [1.54, 1.807) is 31.4 Å². The minimum absolute atomic E-state index is 0.0843. The Kier molecular flexibility index (Phi) is 5.24. The first kappa shape index (κ1) is 17.3. The molecule has 0 radical (unpaired) electrons. The summed E-state index contributed by atoms with van der Waals surface area (Å²) in [5.74, 6) is 1.63. The van der Waals surface area contributed by atoms with Crippen molar-refractivity contribution in [2.24, 2.45) is 0 Å². The van der Waals surface area contributed by atoms with Gasteiger partial charge in [-0.25, -0.2) is 0 Å². The Morgan fingerprint density at radius 1 is 1.24 bits per heavy atom. The van der Waals surface area contributed by atoms with Crippen LogP contribution in [0.1, 0.15) is 27.5 Å². The van der Waals surface area contributed by atoms with E-state index in [4.69, 9.17) is 9.47 Å². The van der Waals surface area contributed by atoms with E-state index in [9.17, 15) is 4.79 Å². The molecule has 1 amide bonds. The first-order valence-corrected chi connectivity index (χ1v) is 8.43. The second kappa shape index (κ2) is 7.57. The number of hydrogen-bond donors (Lipinski definition) is 1. The largest absolute Gasteiger partial charge is 0.497 e. The van der Waals surface area contributed by atoms with Crippen LogP contribution in [-0.4, -0.2) is 45.2 Å². The molecule has 132 valence electrons. The quantitative estimate of drug-likeness (QED) is 0.878. The Hall–Kier alpha value is -2.53. The molecule has 1 atom stereocenters. The summed E-state index contributed by atoms with van der Waals surface area (Å²) in [7, 11) is 5.65. The molecule has 1 aliphatic heterocycles. The standard InChI is InChI=1S/C20H24N2O3/c1-22(2)18(15-6-9-19-16(12-15)10-11-25-19)13-21-20(23)14-4-7-17(24-3)8-5-14/h4-9,12,18H,10-11,13H2,1-3H3,(H,21,23). The summed E-state index contributed by atoms with van der Waals surface area (Å²) in [5, 5.41) is 3.03. The third-order valence-corrected chi connectivity index (χ3v) is 4.53. The molecule has 2 aromatic carbocycles. The lowest BCUT2D eigenvalue weighted by Crippen LogP contribution is -2.34. The summed E-state index contributed by atoms with van der Waals surface area (Å²) in [6, 6.07) is 13.5. The lowest BCUT2D eigenvalue weighted by molar-refractivity contribution is 0.0942. The molecule has 1 N–H and O–H groups in total. The summed E-state index contributed by atoms with van der Waals surface area (Å²) >= 11 is 0. The number of ether oxygens (including phenoxy) is 2. The predicted octanol–water partition coefficient (Wildman–Crippen LogP) is 2.66. The number of nitrogens with one attached hydrogen (secondary N) is 1. The molecule has 0 saturated carbocycles. The molecule has 0 aromatic heterocycles. The monoisotopic (exact) mass is 340 g/mol. The van der Waals surface area contributed by atoms with Crippen molar-refractivity contribution >= 4 is 5.91 Å². The van der Waals surface area contributed by atoms with Crippen molar-refractivity contribution in [3.05, 3.63) is 59.2 Å². The fourth-order valence-electron chi connectivity index (χ4n) is 3.05. The van der Waals surface area contributed by atoms with Crippen molar-refractivity contribution in [1.82, 2.24) is 10.2 Å². The SMILES string of the molecule is COc1ccc(C(=O)NCC(c2ccc3c(c2)CCO3)N(C)C)cc1. The van der Waals surface area contributed by atoms with Crippen LogP contribution in [0.3, 0.4) is 0 Å². The summed E-state index contributed by atoms with van der Waals surface area (Å²) in [4.78, 5) is 14.5. The molecule has 0 saturated heterocycles. The number of methoxy groups -OCH3 is 1. The normalized spacial score (nSPS) is 13.9. The minimum Gasteiger partial charge on any atom is -0.497 e. The number of hydrogen-bond acceptors (Lipinski definition) is 4. The van der Waals surface area contributed by atoms with Crippen LogP contribution < -0.4 is 14.8 Å². The van der Waals surface area contributed by atoms with Crippen LogP contribution in [0, 0.1) is 0 Å². The molecule has 25 heavy (non-hydrogen) atoms. The Balaban J connectivity index is 1.68. The molecule has 1 aliphatic rings. The first-order chi connectivity index (χ1) is 12.1. The van der Waals surface area contributed by atoms with E-state index in [1.165, 1.54) is 11.1 Å². The maximum absolute atomic E-state index is 12.4. The van der Waals surface area contributed by atoms with E-state index >= 15 is 0 Å². The van der Waals surface area contributed by atoms with E-state index < -0.39 is 0 Å². The molecule has 5 nitrogen and oxygen atoms in total. The van der Waals surface area contributed by atoms with Crippen LogP contribution >= 0.6 is 0 Å². The van der Waals surface area contributed by atoms with Crippen LogP contribution in [0.25, 0.3) is 0 Å². The smallest absolute Gasteiger partial charge is 0.251 e. The molecule has 0 spiro atoms. The molecule has 3 rings (SSSR count). The van der Waals surface area contributed by atoms with Crippen LogP contribution in [0.15, 0.2) is 42.5 Å². The molecular formula is C20H24N2O3. The van der Waals surface area contributed by atoms with Gasteiger partial charge in [-0.3, -0.25) is 4.79 Å². The van der Waals surface area contributed by atoms with Crippen LogP contribution in [-0.2, 0) is 6.42 Å².